The molecule has 0 unspecified atom stereocenters. The molecule has 1 N–H and O–H groups in total. The normalized spacial score (nSPS) is 12.2. The van der Waals surface area contributed by atoms with Gasteiger partial charge in [-0.15, -0.1) is 11.3 Å². The first-order valence-electron chi connectivity index (χ1n) is 6.25. The van der Waals surface area contributed by atoms with E-state index in [0.29, 0.717) is 16.4 Å². The van der Waals surface area contributed by atoms with E-state index in [0.717, 1.165) is 6.42 Å². The Balaban J connectivity index is 3.02. The first kappa shape index (κ1) is 16.4. The van der Waals surface area contributed by atoms with Crippen molar-refractivity contribution >= 4 is 33.9 Å². The molecule has 1 rings (SSSR count). The number of esters is 1. The fourth-order valence-electron chi connectivity index (χ4n) is 1.42. The predicted molar refractivity (Wildman–Crippen MR) is 80.5 cm³/mol. The summed E-state index contributed by atoms with van der Waals surface area (Å²) in [6.07, 6.45) is 2.56. The smallest absolute Gasteiger partial charge is 0.339 e. The van der Waals surface area contributed by atoms with Crippen LogP contribution in [0.25, 0.3) is 5.57 Å². The van der Waals surface area contributed by atoms with Gasteiger partial charge in [0.2, 0.25) is 5.91 Å². The molecule has 0 aliphatic rings. The maximum Gasteiger partial charge on any atom is 0.339 e. The molecule has 0 aromatic carbocycles. The van der Waals surface area contributed by atoms with Crippen molar-refractivity contribution in [3.8, 4) is 0 Å². The maximum atomic E-state index is 11.8. The minimum absolute atomic E-state index is 0.0652. The average molecular weight is 296 g/mol. The number of thiazole rings is 1. The van der Waals surface area contributed by atoms with Crippen molar-refractivity contribution in [3.05, 3.63) is 17.2 Å². The van der Waals surface area contributed by atoms with E-state index in [1.165, 1.54) is 25.4 Å². The lowest BCUT2D eigenvalue weighted by molar-refractivity contribution is -0.133. The molecule has 0 fully saturated rings. The van der Waals surface area contributed by atoms with E-state index in [1.54, 1.807) is 5.38 Å². The first-order valence-corrected chi connectivity index (χ1v) is 7.13. The Morgan fingerprint density at radius 2 is 2.10 bits per heavy atom. The number of carbonyl (C=O) groups is 2. The van der Waals surface area contributed by atoms with Crippen LogP contribution in [0.2, 0.25) is 0 Å². The van der Waals surface area contributed by atoms with Crippen molar-refractivity contribution in [1.29, 1.82) is 0 Å². The van der Waals surface area contributed by atoms with Crippen LogP contribution in [0.15, 0.2) is 11.5 Å². The molecule has 20 heavy (non-hydrogen) atoms. The van der Waals surface area contributed by atoms with Gasteiger partial charge >= 0.3 is 5.97 Å². The monoisotopic (exact) mass is 296 g/mol. The number of nitrogens with one attached hydrogen (secondary N) is 1. The van der Waals surface area contributed by atoms with E-state index in [1.807, 2.05) is 6.08 Å². The Hall–Kier alpha value is -1.69. The molecule has 110 valence electrons. The van der Waals surface area contributed by atoms with Crippen molar-refractivity contribution in [2.24, 2.45) is 5.41 Å². The summed E-state index contributed by atoms with van der Waals surface area (Å²) < 4.78 is 4.79. The summed E-state index contributed by atoms with van der Waals surface area (Å²) in [7, 11) is 1.34. The number of rotatable bonds is 4. The van der Waals surface area contributed by atoms with Crippen molar-refractivity contribution < 1.29 is 14.3 Å². The van der Waals surface area contributed by atoms with Crippen molar-refractivity contribution in [2.45, 2.75) is 34.1 Å². The van der Waals surface area contributed by atoms with E-state index in [2.05, 4.69) is 31.1 Å². The van der Waals surface area contributed by atoms with E-state index in [-0.39, 0.29) is 11.3 Å². The highest BCUT2D eigenvalue weighted by Crippen LogP contribution is 2.26. The standard InChI is InChI=1S/C14H20N2O3S/c1-9(17)15-13-16-11(8-20-13)10(12(18)19-5)6-7-14(2,3)4/h6,8H,7H2,1-5H3,(H,15,16,17)/b10-6+. The lowest BCUT2D eigenvalue weighted by Crippen LogP contribution is -2.09. The largest absolute Gasteiger partial charge is 0.465 e. The zero-order valence-electron chi connectivity index (χ0n) is 12.4. The Bertz CT molecular complexity index is 527. The van der Waals surface area contributed by atoms with Crippen molar-refractivity contribution in [2.75, 3.05) is 12.4 Å². The van der Waals surface area contributed by atoms with Gasteiger partial charge in [0, 0.05) is 12.3 Å². The number of hydrogen-bond donors (Lipinski definition) is 1. The van der Waals surface area contributed by atoms with Gasteiger partial charge in [-0.1, -0.05) is 26.8 Å². The molecule has 6 heteroatoms. The van der Waals surface area contributed by atoms with Gasteiger partial charge in [-0.2, -0.15) is 0 Å². The van der Waals surface area contributed by atoms with Crippen LogP contribution in [0, 0.1) is 5.41 Å². The van der Waals surface area contributed by atoms with Gasteiger partial charge in [0.15, 0.2) is 5.13 Å². The summed E-state index contributed by atoms with van der Waals surface area (Å²) in [6.45, 7) is 7.67. The number of nitrogens with zero attached hydrogens (tertiary/aromatic N) is 1. The number of anilines is 1. The highest BCUT2D eigenvalue weighted by molar-refractivity contribution is 7.14. The van der Waals surface area contributed by atoms with Crippen LogP contribution in [0.3, 0.4) is 0 Å². The zero-order valence-corrected chi connectivity index (χ0v) is 13.3. The second kappa shape index (κ2) is 6.65. The van der Waals surface area contributed by atoms with Crippen LogP contribution in [-0.4, -0.2) is 24.0 Å². The maximum absolute atomic E-state index is 11.8. The minimum Gasteiger partial charge on any atom is -0.465 e. The number of aromatic nitrogens is 1. The first-order chi connectivity index (χ1) is 9.23. The van der Waals surface area contributed by atoms with Crippen LogP contribution in [-0.2, 0) is 14.3 Å². The third kappa shape index (κ3) is 5.13. The molecule has 1 aromatic heterocycles. The summed E-state index contributed by atoms with van der Waals surface area (Å²) in [5, 5.41) is 4.80. The Morgan fingerprint density at radius 3 is 2.60 bits per heavy atom. The molecule has 0 spiro atoms. The number of allylic oxidation sites excluding steroid dienone is 1. The molecular formula is C14H20N2O3S. The van der Waals surface area contributed by atoms with Crippen LogP contribution < -0.4 is 5.32 Å². The fraction of sp³-hybridized carbons (Fsp3) is 0.500. The molecule has 0 saturated carbocycles. The molecule has 1 heterocycles. The summed E-state index contributed by atoms with van der Waals surface area (Å²) in [4.78, 5) is 27.1. The summed E-state index contributed by atoms with van der Waals surface area (Å²) in [6, 6.07) is 0. The van der Waals surface area contributed by atoms with Gasteiger partial charge in [-0.25, -0.2) is 9.78 Å². The van der Waals surface area contributed by atoms with Crippen LogP contribution in [0.1, 0.15) is 39.8 Å². The molecule has 1 amide bonds. The van der Waals surface area contributed by atoms with Crippen LogP contribution in [0.4, 0.5) is 5.13 Å². The number of hydrogen-bond acceptors (Lipinski definition) is 5. The van der Waals surface area contributed by atoms with Crippen LogP contribution in [0.5, 0.6) is 0 Å². The Kier molecular flexibility index (Phi) is 5.44. The summed E-state index contributed by atoms with van der Waals surface area (Å²) in [5.41, 5.74) is 1.01. The van der Waals surface area contributed by atoms with E-state index >= 15 is 0 Å². The van der Waals surface area contributed by atoms with Gasteiger partial charge in [-0.3, -0.25) is 4.79 Å². The lowest BCUT2D eigenvalue weighted by atomic mass is 9.91. The lowest BCUT2D eigenvalue weighted by Gasteiger charge is -2.15. The van der Waals surface area contributed by atoms with E-state index < -0.39 is 5.97 Å². The highest BCUT2D eigenvalue weighted by atomic mass is 32.1. The van der Waals surface area contributed by atoms with Gasteiger partial charge in [-0.05, 0) is 11.8 Å². The van der Waals surface area contributed by atoms with Crippen molar-refractivity contribution in [3.63, 3.8) is 0 Å². The van der Waals surface area contributed by atoms with E-state index in [9.17, 15) is 9.59 Å². The third-order valence-electron chi connectivity index (χ3n) is 2.39. The Morgan fingerprint density at radius 1 is 1.45 bits per heavy atom. The molecule has 0 saturated heterocycles. The van der Waals surface area contributed by atoms with Crippen LogP contribution >= 0.6 is 11.3 Å². The van der Waals surface area contributed by atoms with Gasteiger partial charge in [0.1, 0.15) is 0 Å². The molecule has 0 radical (unpaired) electrons. The minimum atomic E-state index is -0.422. The number of ether oxygens (including phenoxy) is 1. The SMILES string of the molecule is COC(=O)/C(=C/CC(C)(C)C)c1csc(NC(C)=O)n1. The molecule has 0 atom stereocenters. The third-order valence-corrected chi connectivity index (χ3v) is 3.14. The number of carbonyl (C=O) groups excluding carboxylic acids is 2. The molecule has 5 nitrogen and oxygen atoms in total. The average Bonchev–Trinajstić information content (AvgIpc) is 2.74. The molecule has 0 aliphatic carbocycles. The highest BCUT2D eigenvalue weighted by Gasteiger charge is 2.18. The van der Waals surface area contributed by atoms with Gasteiger partial charge in [0.25, 0.3) is 0 Å². The topological polar surface area (TPSA) is 68.3 Å². The number of amides is 1. The predicted octanol–water partition coefficient (Wildman–Crippen LogP) is 3.09. The Labute approximate surface area is 123 Å². The summed E-state index contributed by atoms with van der Waals surface area (Å²) >= 11 is 1.28. The second-order valence-corrected chi connectivity index (χ2v) is 6.45. The molecule has 0 bridgehead atoms. The second-order valence-electron chi connectivity index (χ2n) is 5.59. The van der Waals surface area contributed by atoms with Crippen molar-refractivity contribution in [1.82, 2.24) is 4.98 Å². The van der Waals surface area contributed by atoms with Gasteiger partial charge < -0.3 is 10.1 Å². The number of methoxy groups -OCH3 is 1. The molecule has 0 aliphatic heterocycles. The molecule has 1 aromatic rings. The van der Waals surface area contributed by atoms with E-state index in [4.69, 9.17) is 4.74 Å². The van der Waals surface area contributed by atoms with Gasteiger partial charge in [0.05, 0.1) is 18.4 Å². The molecular weight excluding hydrogens is 276 g/mol. The zero-order chi connectivity index (χ0) is 15.3. The summed E-state index contributed by atoms with van der Waals surface area (Å²) in [5.74, 6) is -0.613. The quantitative estimate of drug-likeness (QED) is 0.685. The fourth-order valence-corrected chi connectivity index (χ4v) is 2.17.